The predicted octanol–water partition coefficient (Wildman–Crippen LogP) is 3.44. The highest BCUT2D eigenvalue weighted by molar-refractivity contribution is 9.10. The molecule has 1 aromatic heterocycles. The Hall–Kier alpha value is -1.37. The zero-order chi connectivity index (χ0) is 12.5. The summed E-state index contributed by atoms with van der Waals surface area (Å²) in [4.78, 5) is 3.86. The minimum atomic E-state index is -4.34. The van der Waals surface area contributed by atoms with Crippen molar-refractivity contribution in [3.63, 3.8) is 0 Å². The van der Waals surface area contributed by atoms with Crippen LogP contribution in [-0.2, 0) is 12.6 Å². The summed E-state index contributed by atoms with van der Waals surface area (Å²) < 4.78 is 42.4. The molecule has 0 spiro atoms. The van der Waals surface area contributed by atoms with E-state index in [0.717, 1.165) is 12.1 Å². The fraction of sp³-hybridized carbons (Fsp3) is 0.200. The van der Waals surface area contributed by atoms with Crippen molar-refractivity contribution in [1.82, 2.24) is 10.1 Å². The average Bonchev–Trinajstić information content (AvgIpc) is 2.63. The highest BCUT2D eigenvalue weighted by atomic mass is 79.9. The van der Waals surface area contributed by atoms with E-state index in [9.17, 15) is 13.2 Å². The third kappa shape index (κ3) is 3.06. The summed E-state index contributed by atoms with van der Waals surface area (Å²) in [7, 11) is 0. The molecule has 0 N–H and O–H groups in total. The van der Waals surface area contributed by atoms with Crippen molar-refractivity contribution in [3.05, 3.63) is 46.0 Å². The van der Waals surface area contributed by atoms with Gasteiger partial charge in [0.2, 0.25) is 10.6 Å². The number of rotatable bonds is 2. The topological polar surface area (TPSA) is 38.9 Å². The molecule has 7 heteroatoms. The lowest BCUT2D eigenvalue weighted by molar-refractivity contribution is -0.137. The van der Waals surface area contributed by atoms with Crippen molar-refractivity contribution in [3.8, 4) is 0 Å². The first kappa shape index (κ1) is 12.1. The Morgan fingerprint density at radius 3 is 2.65 bits per heavy atom. The molecule has 0 aliphatic rings. The summed E-state index contributed by atoms with van der Waals surface area (Å²) in [6.07, 6.45) is -4.17. The van der Waals surface area contributed by atoms with E-state index in [2.05, 4.69) is 26.1 Å². The van der Waals surface area contributed by atoms with Crippen LogP contribution in [0.2, 0.25) is 0 Å². The van der Waals surface area contributed by atoms with Crippen LogP contribution in [0, 0.1) is 0 Å². The van der Waals surface area contributed by atoms with Crippen molar-refractivity contribution < 1.29 is 17.7 Å². The zero-order valence-corrected chi connectivity index (χ0v) is 9.92. The highest BCUT2D eigenvalue weighted by Gasteiger charge is 2.30. The second-order valence-corrected chi connectivity index (χ2v) is 4.04. The molecule has 17 heavy (non-hydrogen) atoms. The van der Waals surface area contributed by atoms with Gasteiger partial charge in [0.15, 0.2) is 0 Å². The third-order valence-corrected chi connectivity index (χ3v) is 2.38. The van der Waals surface area contributed by atoms with Crippen LogP contribution in [0.15, 0.2) is 33.5 Å². The first-order valence-corrected chi connectivity index (χ1v) is 5.38. The van der Waals surface area contributed by atoms with Gasteiger partial charge in [0, 0.05) is 0 Å². The molecule has 0 amide bonds. The normalized spacial score (nSPS) is 11.8. The second kappa shape index (κ2) is 4.48. The Morgan fingerprint density at radius 2 is 2.06 bits per heavy atom. The average molecular weight is 307 g/mol. The predicted molar refractivity (Wildman–Crippen MR) is 56.2 cm³/mol. The minimum absolute atomic E-state index is 0.169. The molecule has 0 atom stereocenters. The molecule has 3 nitrogen and oxygen atoms in total. The van der Waals surface area contributed by atoms with Gasteiger partial charge >= 0.3 is 6.18 Å². The van der Waals surface area contributed by atoms with Gasteiger partial charge in [-0.2, -0.15) is 18.2 Å². The van der Waals surface area contributed by atoms with Gasteiger partial charge in [-0.25, -0.2) is 0 Å². The molecule has 90 valence electrons. The quantitative estimate of drug-likeness (QED) is 0.853. The molecule has 1 heterocycles. The highest BCUT2D eigenvalue weighted by Crippen LogP contribution is 2.29. The van der Waals surface area contributed by atoms with E-state index in [0.29, 0.717) is 5.56 Å². The first-order valence-electron chi connectivity index (χ1n) is 4.59. The molecule has 0 fully saturated rings. The van der Waals surface area contributed by atoms with Crippen molar-refractivity contribution in [1.29, 1.82) is 0 Å². The number of hydrogen-bond donors (Lipinski definition) is 0. The Kier molecular flexibility index (Phi) is 3.19. The number of alkyl halides is 3. The van der Waals surface area contributed by atoms with E-state index >= 15 is 0 Å². The van der Waals surface area contributed by atoms with Gasteiger partial charge in [-0.3, -0.25) is 0 Å². The van der Waals surface area contributed by atoms with Crippen molar-refractivity contribution >= 4 is 15.9 Å². The molecule has 0 aliphatic heterocycles. The first-order chi connectivity index (χ1) is 7.95. The maximum Gasteiger partial charge on any atom is 0.416 e. The van der Waals surface area contributed by atoms with Gasteiger partial charge in [0.1, 0.15) is 0 Å². The number of hydrogen-bond acceptors (Lipinski definition) is 3. The Balaban J connectivity index is 2.22. The van der Waals surface area contributed by atoms with Gasteiger partial charge in [0.25, 0.3) is 0 Å². The lowest BCUT2D eigenvalue weighted by Gasteiger charge is -2.07. The van der Waals surface area contributed by atoms with Crippen LogP contribution >= 0.6 is 15.9 Å². The summed E-state index contributed by atoms with van der Waals surface area (Å²) in [6.45, 7) is 0. The fourth-order valence-electron chi connectivity index (χ4n) is 1.34. The third-order valence-electron chi connectivity index (χ3n) is 2.05. The van der Waals surface area contributed by atoms with Crippen LogP contribution in [0.3, 0.4) is 0 Å². The molecule has 0 saturated carbocycles. The number of benzene rings is 1. The zero-order valence-electron chi connectivity index (χ0n) is 8.33. The maximum atomic E-state index is 12.5. The van der Waals surface area contributed by atoms with Gasteiger partial charge in [-0.1, -0.05) is 18.2 Å². The van der Waals surface area contributed by atoms with Crippen molar-refractivity contribution in [2.24, 2.45) is 0 Å². The van der Waals surface area contributed by atoms with E-state index in [1.807, 2.05) is 0 Å². The smallest absolute Gasteiger partial charge is 0.338 e. The van der Waals surface area contributed by atoms with Crippen LogP contribution in [0.1, 0.15) is 17.0 Å². The SMILES string of the molecule is FC(F)(F)c1cccc(Cc2nc(Br)no2)c1. The van der Waals surface area contributed by atoms with Crippen molar-refractivity contribution in [2.45, 2.75) is 12.6 Å². The molecule has 1 aromatic carbocycles. The van der Waals surface area contributed by atoms with Crippen LogP contribution in [0.4, 0.5) is 13.2 Å². The fourth-order valence-corrected chi connectivity index (χ4v) is 1.61. The molecular formula is C10H6BrF3N2O. The van der Waals surface area contributed by atoms with Crippen LogP contribution in [0.5, 0.6) is 0 Å². The summed E-state index contributed by atoms with van der Waals surface area (Å²) in [5.74, 6) is 0.260. The van der Waals surface area contributed by atoms with Gasteiger partial charge in [0.05, 0.1) is 12.0 Å². The second-order valence-electron chi connectivity index (χ2n) is 3.33. The number of halogens is 4. The number of nitrogens with zero attached hydrogens (tertiary/aromatic N) is 2. The monoisotopic (exact) mass is 306 g/mol. The summed E-state index contributed by atoms with van der Waals surface area (Å²) in [5.41, 5.74) is -0.218. The molecule has 0 unspecified atom stereocenters. The minimum Gasteiger partial charge on any atom is -0.338 e. The van der Waals surface area contributed by atoms with Crippen LogP contribution in [0.25, 0.3) is 0 Å². The van der Waals surface area contributed by atoms with E-state index < -0.39 is 11.7 Å². The van der Waals surface area contributed by atoms with Gasteiger partial charge < -0.3 is 4.52 Å². The van der Waals surface area contributed by atoms with Gasteiger partial charge in [-0.05, 0) is 32.7 Å². The van der Waals surface area contributed by atoms with E-state index in [1.165, 1.54) is 6.07 Å². The van der Waals surface area contributed by atoms with Gasteiger partial charge in [-0.15, -0.1) is 0 Å². The Labute approximate surface area is 103 Å². The number of aromatic nitrogens is 2. The largest absolute Gasteiger partial charge is 0.416 e. The molecule has 0 radical (unpaired) electrons. The molecule has 2 rings (SSSR count). The molecule has 2 aromatic rings. The van der Waals surface area contributed by atoms with E-state index in [-0.39, 0.29) is 17.0 Å². The molecule has 0 bridgehead atoms. The molecule has 0 saturated heterocycles. The Bertz CT molecular complexity index is 524. The standard InChI is InChI=1S/C10H6BrF3N2O/c11-9-15-8(17-16-9)5-6-2-1-3-7(4-6)10(12,13)14/h1-4H,5H2. The lowest BCUT2D eigenvalue weighted by atomic mass is 10.1. The van der Waals surface area contributed by atoms with Crippen LogP contribution < -0.4 is 0 Å². The van der Waals surface area contributed by atoms with E-state index in [1.54, 1.807) is 6.07 Å². The van der Waals surface area contributed by atoms with Crippen molar-refractivity contribution in [2.75, 3.05) is 0 Å². The maximum absolute atomic E-state index is 12.5. The Morgan fingerprint density at radius 1 is 1.29 bits per heavy atom. The lowest BCUT2D eigenvalue weighted by Crippen LogP contribution is -2.05. The summed E-state index contributed by atoms with van der Waals surface area (Å²) in [6, 6.07) is 5.02. The van der Waals surface area contributed by atoms with Crippen LogP contribution in [-0.4, -0.2) is 10.1 Å². The van der Waals surface area contributed by atoms with E-state index in [4.69, 9.17) is 4.52 Å². The summed E-state index contributed by atoms with van der Waals surface area (Å²) >= 11 is 3.00. The molecular weight excluding hydrogens is 301 g/mol. The molecule has 0 aliphatic carbocycles. The summed E-state index contributed by atoms with van der Waals surface area (Å²) in [5, 5.41) is 3.49.